The van der Waals surface area contributed by atoms with Crippen molar-refractivity contribution in [3.8, 4) is 0 Å². The molecule has 1 saturated heterocycles. The highest BCUT2D eigenvalue weighted by molar-refractivity contribution is 4.97. The van der Waals surface area contributed by atoms with Gasteiger partial charge < -0.3 is 5.73 Å². The molecule has 0 aromatic heterocycles. The Bertz CT molecular complexity index is 233. The van der Waals surface area contributed by atoms with Crippen LogP contribution in [-0.2, 0) is 0 Å². The summed E-state index contributed by atoms with van der Waals surface area (Å²) in [5, 5.41) is 0. The fourth-order valence-corrected chi connectivity index (χ4v) is 3.89. The average molecular weight is 238 g/mol. The maximum absolute atomic E-state index is 6.18. The minimum Gasteiger partial charge on any atom is -0.329 e. The molecule has 2 aliphatic rings. The standard InChI is InChI=1S/C15H30N2/c1-3-14-5-4-8-15(11-14,12-16)17-9-6-13(2)7-10-17/h13-14H,3-12,16H2,1-2H3. The first-order valence-electron chi connectivity index (χ1n) is 7.65. The fraction of sp³-hybridized carbons (Fsp3) is 1.00. The number of rotatable bonds is 3. The van der Waals surface area contributed by atoms with Gasteiger partial charge in [-0.2, -0.15) is 0 Å². The normalized spacial score (nSPS) is 37.2. The molecule has 0 radical (unpaired) electrons. The van der Waals surface area contributed by atoms with Gasteiger partial charge in [-0.1, -0.05) is 33.1 Å². The molecule has 0 spiro atoms. The van der Waals surface area contributed by atoms with Crippen LogP contribution in [0.1, 0.15) is 58.8 Å². The minimum absolute atomic E-state index is 0.360. The van der Waals surface area contributed by atoms with Crippen LogP contribution in [0.15, 0.2) is 0 Å². The van der Waals surface area contributed by atoms with E-state index in [2.05, 4.69) is 18.7 Å². The summed E-state index contributed by atoms with van der Waals surface area (Å²) in [6, 6.07) is 0. The highest BCUT2D eigenvalue weighted by atomic mass is 15.2. The molecule has 0 bridgehead atoms. The lowest BCUT2D eigenvalue weighted by Crippen LogP contribution is -2.58. The predicted octanol–water partition coefficient (Wildman–Crippen LogP) is 3.02. The molecule has 100 valence electrons. The predicted molar refractivity (Wildman–Crippen MR) is 74.0 cm³/mol. The van der Waals surface area contributed by atoms with E-state index in [0.29, 0.717) is 5.54 Å². The van der Waals surface area contributed by atoms with E-state index in [1.165, 1.54) is 58.0 Å². The van der Waals surface area contributed by atoms with E-state index in [9.17, 15) is 0 Å². The summed E-state index contributed by atoms with van der Waals surface area (Å²) in [5.41, 5.74) is 6.54. The summed E-state index contributed by atoms with van der Waals surface area (Å²) in [6.07, 6.45) is 9.61. The van der Waals surface area contributed by atoms with E-state index in [0.717, 1.165) is 18.4 Å². The number of hydrogen-bond donors (Lipinski definition) is 1. The monoisotopic (exact) mass is 238 g/mol. The molecule has 1 saturated carbocycles. The van der Waals surface area contributed by atoms with Gasteiger partial charge in [-0.05, 0) is 50.6 Å². The second kappa shape index (κ2) is 5.71. The summed E-state index contributed by atoms with van der Waals surface area (Å²) < 4.78 is 0. The lowest BCUT2D eigenvalue weighted by Gasteiger charge is -2.50. The third-order valence-electron chi connectivity index (χ3n) is 5.33. The summed E-state index contributed by atoms with van der Waals surface area (Å²) >= 11 is 0. The van der Waals surface area contributed by atoms with Crippen molar-refractivity contribution in [2.24, 2.45) is 17.6 Å². The molecule has 2 rings (SSSR count). The molecule has 1 heterocycles. The van der Waals surface area contributed by atoms with Gasteiger partial charge in [0.25, 0.3) is 0 Å². The zero-order chi connectivity index (χ0) is 12.3. The van der Waals surface area contributed by atoms with Crippen LogP contribution < -0.4 is 5.73 Å². The molecule has 0 aromatic carbocycles. The average Bonchev–Trinajstić information content (AvgIpc) is 2.39. The lowest BCUT2D eigenvalue weighted by molar-refractivity contribution is 0.0114. The summed E-state index contributed by atoms with van der Waals surface area (Å²) in [4.78, 5) is 2.74. The van der Waals surface area contributed by atoms with Crippen molar-refractivity contribution in [2.45, 2.75) is 64.3 Å². The Morgan fingerprint density at radius 1 is 1.24 bits per heavy atom. The van der Waals surface area contributed by atoms with Crippen LogP contribution in [0.3, 0.4) is 0 Å². The van der Waals surface area contributed by atoms with Crippen LogP contribution in [0.25, 0.3) is 0 Å². The fourth-order valence-electron chi connectivity index (χ4n) is 3.89. The minimum atomic E-state index is 0.360. The van der Waals surface area contributed by atoms with E-state index in [4.69, 9.17) is 5.73 Å². The Labute approximate surface area is 107 Å². The second-order valence-corrected chi connectivity index (χ2v) is 6.47. The van der Waals surface area contributed by atoms with Gasteiger partial charge in [-0.25, -0.2) is 0 Å². The number of hydrogen-bond acceptors (Lipinski definition) is 2. The second-order valence-electron chi connectivity index (χ2n) is 6.47. The Kier molecular flexibility index (Phi) is 4.48. The highest BCUT2D eigenvalue weighted by Crippen LogP contribution is 2.39. The number of piperidine rings is 1. The smallest absolute Gasteiger partial charge is 0.0334 e. The molecule has 2 N–H and O–H groups in total. The van der Waals surface area contributed by atoms with Crippen LogP contribution in [0, 0.1) is 11.8 Å². The molecule has 17 heavy (non-hydrogen) atoms. The van der Waals surface area contributed by atoms with Crippen molar-refractivity contribution in [1.82, 2.24) is 4.90 Å². The quantitative estimate of drug-likeness (QED) is 0.819. The summed E-state index contributed by atoms with van der Waals surface area (Å²) in [6.45, 7) is 8.18. The Morgan fingerprint density at radius 3 is 2.53 bits per heavy atom. The summed E-state index contributed by atoms with van der Waals surface area (Å²) in [5.74, 6) is 1.85. The molecule has 1 aliphatic heterocycles. The van der Waals surface area contributed by atoms with Crippen molar-refractivity contribution < 1.29 is 0 Å². The van der Waals surface area contributed by atoms with Gasteiger partial charge in [-0.3, -0.25) is 4.90 Å². The highest BCUT2D eigenvalue weighted by Gasteiger charge is 2.40. The molecule has 2 nitrogen and oxygen atoms in total. The topological polar surface area (TPSA) is 29.3 Å². The third-order valence-corrected chi connectivity index (χ3v) is 5.33. The van der Waals surface area contributed by atoms with Gasteiger partial charge in [0.2, 0.25) is 0 Å². The third kappa shape index (κ3) is 2.85. The Balaban J connectivity index is 2.02. The van der Waals surface area contributed by atoms with Crippen LogP contribution >= 0.6 is 0 Å². The molecule has 2 atom stereocenters. The van der Waals surface area contributed by atoms with E-state index >= 15 is 0 Å². The van der Waals surface area contributed by atoms with Crippen molar-refractivity contribution in [3.63, 3.8) is 0 Å². The largest absolute Gasteiger partial charge is 0.329 e. The molecule has 0 aromatic rings. The van der Waals surface area contributed by atoms with Crippen LogP contribution in [0.5, 0.6) is 0 Å². The first kappa shape index (κ1) is 13.4. The van der Waals surface area contributed by atoms with E-state index in [-0.39, 0.29) is 0 Å². The van der Waals surface area contributed by atoms with Gasteiger partial charge in [-0.15, -0.1) is 0 Å². The number of nitrogens with zero attached hydrogens (tertiary/aromatic N) is 1. The molecular formula is C15H30N2. The SMILES string of the molecule is CCC1CCCC(CN)(N2CCC(C)CC2)C1. The number of nitrogens with two attached hydrogens (primary N) is 1. The zero-order valence-corrected chi connectivity index (χ0v) is 11.8. The van der Waals surface area contributed by atoms with Crippen molar-refractivity contribution in [3.05, 3.63) is 0 Å². The zero-order valence-electron chi connectivity index (χ0n) is 11.8. The van der Waals surface area contributed by atoms with Crippen molar-refractivity contribution in [2.75, 3.05) is 19.6 Å². The molecule has 2 fully saturated rings. The molecule has 1 aliphatic carbocycles. The Morgan fingerprint density at radius 2 is 1.94 bits per heavy atom. The lowest BCUT2D eigenvalue weighted by atomic mass is 9.73. The maximum atomic E-state index is 6.18. The van der Waals surface area contributed by atoms with Gasteiger partial charge in [0, 0.05) is 12.1 Å². The maximum Gasteiger partial charge on any atom is 0.0334 e. The number of likely N-dealkylation sites (tertiary alicyclic amines) is 1. The van der Waals surface area contributed by atoms with Crippen LogP contribution in [0.4, 0.5) is 0 Å². The van der Waals surface area contributed by atoms with E-state index < -0.39 is 0 Å². The summed E-state index contributed by atoms with van der Waals surface area (Å²) in [7, 11) is 0. The molecule has 2 heteroatoms. The Hall–Kier alpha value is -0.0800. The van der Waals surface area contributed by atoms with Crippen molar-refractivity contribution >= 4 is 0 Å². The van der Waals surface area contributed by atoms with Gasteiger partial charge >= 0.3 is 0 Å². The van der Waals surface area contributed by atoms with Gasteiger partial charge in [0.05, 0.1) is 0 Å². The first-order valence-corrected chi connectivity index (χ1v) is 7.65. The molecular weight excluding hydrogens is 208 g/mol. The van der Waals surface area contributed by atoms with Crippen LogP contribution in [0.2, 0.25) is 0 Å². The van der Waals surface area contributed by atoms with Gasteiger partial charge in [0.1, 0.15) is 0 Å². The first-order chi connectivity index (χ1) is 8.20. The molecule has 0 amide bonds. The van der Waals surface area contributed by atoms with E-state index in [1.807, 2.05) is 0 Å². The van der Waals surface area contributed by atoms with Gasteiger partial charge in [0.15, 0.2) is 0 Å². The van der Waals surface area contributed by atoms with Crippen LogP contribution in [-0.4, -0.2) is 30.1 Å². The van der Waals surface area contributed by atoms with E-state index in [1.54, 1.807) is 0 Å². The molecule has 2 unspecified atom stereocenters. The van der Waals surface area contributed by atoms with Crippen molar-refractivity contribution in [1.29, 1.82) is 0 Å².